The SMILES string of the molecule is [NH-][C@H](CNC(=O)CC[C@@H](NC(=O)c1ccc(NCc2cnc3nc(N)[nH]c(=O)c3n2)cc1)C(=O)O)C(=O)[N-][C@@H](CC(=O)O)C(=O)[N-][C@@H](C[S-])C(=O)O.[O]=[Tc+4]. The van der Waals surface area contributed by atoms with E-state index in [0.29, 0.717) is 11.4 Å². The first kappa shape index (κ1) is 44.3. The Bertz CT molecular complexity index is 1920. The molecular formula is C29H31N11O12STc. The second kappa shape index (κ2) is 21.6. The molecule has 0 saturated carbocycles. The zero-order chi connectivity index (χ0) is 40.5. The van der Waals surface area contributed by atoms with Crippen molar-refractivity contribution < 1.29 is 71.2 Å². The molecule has 3 aromatic rings. The molecule has 0 aliphatic heterocycles. The molecule has 0 saturated heterocycles. The van der Waals surface area contributed by atoms with Crippen LogP contribution < -0.4 is 27.2 Å². The van der Waals surface area contributed by atoms with E-state index in [4.69, 9.17) is 25.2 Å². The number of anilines is 2. The van der Waals surface area contributed by atoms with Crippen LogP contribution in [0, 0.1) is 0 Å². The van der Waals surface area contributed by atoms with E-state index < -0.39 is 96.4 Å². The van der Waals surface area contributed by atoms with Crippen LogP contribution in [-0.4, -0.2) is 113 Å². The van der Waals surface area contributed by atoms with Crippen molar-refractivity contribution in [3.8, 4) is 0 Å². The number of nitrogens with one attached hydrogen (secondary N) is 5. The number of carbonyl (C=O) groups excluding carboxylic acids is 4. The first-order valence-corrected chi connectivity index (χ1v) is 16.5. The third kappa shape index (κ3) is 13.9. The molecule has 3 rings (SSSR count). The summed E-state index contributed by atoms with van der Waals surface area (Å²) in [5, 5.41) is 41.8. The Labute approximate surface area is 319 Å². The van der Waals surface area contributed by atoms with E-state index in [9.17, 15) is 43.5 Å². The van der Waals surface area contributed by atoms with Crippen molar-refractivity contribution in [1.29, 1.82) is 0 Å². The van der Waals surface area contributed by atoms with Crippen LogP contribution in [-0.2, 0) is 70.3 Å². The zero-order valence-corrected chi connectivity index (χ0v) is 30.2. The average Bonchev–Trinajstić information content (AvgIpc) is 3.13. The van der Waals surface area contributed by atoms with Gasteiger partial charge in [0.05, 0.1) is 18.4 Å². The van der Waals surface area contributed by atoms with Gasteiger partial charge in [0.25, 0.3) is 17.4 Å². The van der Waals surface area contributed by atoms with E-state index in [2.05, 4.69) is 59.1 Å². The van der Waals surface area contributed by atoms with Gasteiger partial charge in [-0.05, 0) is 36.7 Å². The fourth-order valence-corrected chi connectivity index (χ4v) is 4.37. The summed E-state index contributed by atoms with van der Waals surface area (Å²) in [5.74, 6) is -9.36. The minimum absolute atomic E-state index is 0.00153. The van der Waals surface area contributed by atoms with Gasteiger partial charge in [-0.25, -0.2) is 14.8 Å². The first-order valence-electron chi connectivity index (χ1n) is 15.1. The van der Waals surface area contributed by atoms with Gasteiger partial charge in [0.15, 0.2) is 11.2 Å². The first-order chi connectivity index (χ1) is 25.6. The van der Waals surface area contributed by atoms with Gasteiger partial charge in [-0.1, -0.05) is 12.1 Å². The van der Waals surface area contributed by atoms with Crippen molar-refractivity contribution in [3.05, 3.63) is 68.4 Å². The Morgan fingerprint density at radius 1 is 0.963 bits per heavy atom. The average molecular weight is 856 g/mol. The molecule has 2 aromatic heterocycles. The van der Waals surface area contributed by atoms with Crippen LogP contribution in [0.3, 0.4) is 0 Å². The van der Waals surface area contributed by atoms with Gasteiger partial charge in [-0.2, -0.15) is 10.7 Å². The van der Waals surface area contributed by atoms with Crippen LogP contribution in [0.2, 0.25) is 0 Å². The third-order valence-electron chi connectivity index (χ3n) is 6.83. The van der Waals surface area contributed by atoms with Crippen molar-refractivity contribution >= 4 is 77.0 Å². The summed E-state index contributed by atoms with van der Waals surface area (Å²) >= 11 is 5.49. The molecule has 2 heterocycles. The number of H-pyrrole nitrogens is 1. The van der Waals surface area contributed by atoms with Gasteiger partial charge in [0.2, 0.25) is 11.9 Å². The van der Waals surface area contributed by atoms with E-state index in [0.717, 1.165) is 18.9 Å². The molecule has 0 fully saturated rings. The maximum absolute atomic E-state index is 12.7. The molecule has 0 aliphatic carbocycles. The van der Waals surface area contributed by atoms with Crippen LogP contribution in [0.15, 0.2) is 35.3 Å². The zero-order valence-electron chi connectivity index (χ0n) is 27.6. The molecular weight excluding hydrogens is 824 g/mol. The summed E-state index contributed by atoms with van der Waals surface area (Å²) in [5.41, 5.74) is 14.0. The minimum atomic E-state index is -1.93. The van der Waals surface area contributed by atoms with Gasteiger partial charge in [0, 0.05) is 42.5 Å². The molecule has 25 heteroatoms. The number of nitrogen functional groups attached to an aromatic ring is 1. The summed E-state index contributed by atoms with van der Waals surface area (Å²) in [6.45, 7) is -0.504. The summed E-state index contributed by atoms with van der Waals surface area (Å²) in [7, 11) is 0. The standard InChI is InChI=1S/C29H34N11O11S.O.Tc/c30-15(24(45)37-17(7-20(42)43)25(46)38-18(11-52)28(50)51)10-33-19(41)6-5-16(27(48)49)36-23(44)12-1-3-13(4-2-12)32-8-14-9-34-22-21(35-14)26(47)40-29(31)39-22;;/h1-4,9,15-18,30H,5-8,10-11H2,(H12,31,32,33,34,36,37,38,39,40,41,42,43,44,45,46,47,48,49,50,51,52);;/q-1;;+4/p-3/t15-,16-,17+,18+;;/m1../s1. The number of rotatable bonds is 19. The number of carbonyl (C=O) groups is 7. The van der Waals surface area contributed by atoms with E-state index >= 15 is 0 Å². The number of amides is 4. The van der Waals surface area contributed by atoms with Crippen molar-refractivity contribution in [3.63, 3.8) is 0 Å². The number of aliphatic carboxylic acids is 3. The van der Waals surface area contributed by atoms with E-state index in [1.807, 2.05) is 0 Å². The number of hydrogen-bond donors (Lipinski definition) is 8. The number of aromatic nitrogens is 4. The summed E-state index contributed by atoms with van der Waals surface area (Å²) in [6, 6.07) is -1.01. The Kier molecular flexibility index (Phi) is 17.7. The van der Waals surface area contributed by atoms with Gasteiger partial charge >= 0.3 is 34.3 Å². The molecule has 54 heavy (non-hydrogen) atoms. The van der Waals surface area contributed by atoms with Crippen LogP contribution in [0.4, 0.5) is 11.6 Å². The molecule has 1 aromatic carbocycles. The normalized spacial score (nSPS) is 12.7. The quantitative estimate of drug-likeness (QED) is 0.0665. The van der Waals surface area contributed by atoms with Gasteiger partial charge in [-0.3, -0.25) is 29.0 Å². The number of hydrogen-bond acceptors (Lipinski definition) is 15. The number of benzene rings is 1. The second-order valence-corrected chi connectivity index (χ2v) is 11.1. The van der Waals surface area contributed by atoms with Crippen LogP contribution in [0.1, 0.15) is 35.3 Å². The van der Waals surface area contributed by atoms with Crippen molar-refractivity contribution in [2.75, 3.05) is 23.3 Å². The van der Waals surface area contributed by atoms with Gasteiger partial charge in [-0.15, -0.1) is 0 Å². The van der Waals surface area contributed by atoms with Crippen molar-refractivity contribution in [1.82, 2.24) is 30.6 Å². The Balaban J connectivity index is 0.00000495. The van der Waals surface area contributed by atoms with Crippen molar-refractivity contribution in [2.24, 2.45) is 0 Å². The molecule has 287 valence electrons. The number of carboxylic acid groups (broad SMARTS) is 3. The second-order valence-electron chi connectivity index (χ2n) is 10.7. The van der Waals surface area contributed by atoms with Crippen LogP contribution in [0.5, 0.6) is 0 Å². The molecule has 0 unspecified atom stereocenters. The number of aromatic amines is 1. The van der Waals surface area contributed by atoms with E-state index in [-0.39, 0.29) is 35.6 Å². The topological polar surface area (TPSA) is 383 Å². The molecule has 0 spiro atoms. The Hall–Kier alpha value is -5.91. The molecule has 10 N–H and O–H groups in total. The number of carboxylic acids is 3. The van der Waals surface area contributed by atoms with Gasteiger partial charge < -0.3 is 75.6 Å². The fraction of sp³-hybridized carbons (Fsp3) is 0.345. The molecule has 4 amide bonds. The fourth-order valence-electron chi connectivity index (χ4n) is 4.15. The van der Waals surface area contributed by atoms with Crippen LogP contribution in [0.25, 0.3) is 27.5 Å². The molecule has 0 aliphatic rings. The molecule has 0 bridgehead atoms. The predicted molar refractivity (Wildman–Crippen MR) is 182 cm³/mol. The van der Waals surface area contributed by atoms with Crippen LogP contribution >= 0.6 is 0 Å². The molecule has 0 radical (unpaired) electrons. The van der Waals surface area contributed by atoms with E-state index in [1.54, 1.807) is 0 Å². The summed E-state index contributed by atoms with van der Waals surface area (Å²) < 4.78 is 8.22. The Morgan fingerprint density at radius 3 is 2.20 bits per heavy atom. The Morgan fingerprint density at radius 2 is 1.61 bits per heavy atom. The number of nitrogens with two attached hydrogens (primary N) is 1. The summed E-state index contributed by atoms with van der Waals surface area (Å²) in [4.78, 5) is 110. The van der Waals surface area contributed by atoms with Crippen molar-refractivity contribution in [2.45, 2.75) is 50.0 Å². The molecule has 4 atom stereocenters. The predicted octanol–water partition coefficient (Wildman–Crippen LogP) is -1.07. The van der Waals surface area contributed by atoms with E-state index in [1.165, 1.54) is 30.5 Å². The molecule has 23 nitrogen and oxygen atoms in total. The monoisotopic (exact) mass is 854 g/mol. The number of nitrogens with zero attached hydrogens (tertiary/aromatic N) is 5. The third-order valence-corrected chi connectivity index (χ3v) is 7.15. The maximum atomic E-state index is 12.7. The summed E-state index contributed by atoms with van der Waals surface area (Å²) in [6.07, 6.45) is -0.457. The number of fused-ring (bicyclic) bond motifs is 1. The van der Waals surface area contributed by atoms with Gasteiger partial charge in [0.1, 0.15) is 6.04 Å².